The van der Waals surface area contributed by atoms with E-state index < -0.39 is 11.4 Å². The van der Waals surface area contributed by atoms with Crippen LogP contribution in [0.4, 0.5) is 8.78 Å². The maximum atomic E-state index is 12.0. The highest BCUT2D eigenvalue weighted by Gasteiger charge is 2.17. The van der Waals surface area contributed by atoms with Gasteiger partial charge in [0.2, 0.25) is 0 Å². The van der Waals surface area contributed by atoms with Gasteiger partial charge in [-0.3, -0.25) is 4.79 Å². The van der Waals surface area contributed by atoms with E-state index in [9.17, 15) is 13.6 Å². The molecule has 0 amide bonds. The minimum absolute atomic E-state index is 0.0302. The molecule has 0 heterocycles. The van der Waals surface area contributed by atoms with Gasteiger partial charge in [0.25, 0.3) is 0 Å². The molecule has 0 bridgehead atoms. The summed E-state index contributed by atoms with van der Waals surface area (Å²) >= 11 is 8.93. The van der Waals surface area contributed by atoms with E-state index in [1.165, 1.54) is 19.1 Å². The van der Waals surface area contributed by atoms with Gasteiger partial charge in [0.05, 0.1) is 4.83 Å². The van der Waals surface area contributed by atoms with Gasteiger partial charge >= 0.3 is 6.61 Å². The van der Waals surface area contributed by atoms with Crippen molar-refractivity contribution in [3.05, 3.63) is 29.3 Å². The number of rotatable bonds is 5. The maximum absolute atomic E-state index is 12.0. The zero-order chi connectivity index (χ0) is 13.0. The Bertz CT molecular complexity index is 412. The van der Waals surface area contributed by atoms with Crippen LogP contribution in [-0.4, -0.2) is 12.4 Å². The molecule has 6 heteroatoms. The van der Waals surface area contributed by atoms with Gasteiger partial charge in [-0.2, -0.15) is 8.78 Å². The SMILES string of the molecule is CC(=O)C(Br)c1ccc(OC(F)F)cc1CCl. The summed E-state index contributed by atoms with van der Waals surface area (Å²) in [5, 5.41) is 0. The molecule has 0 radical (unpaired) electrons. The lowest BCUT2D eigenvalue weighted by Gasteiger charge is -2.13. The molecule has 1 unspecified atom stereocenters. The van der Waals surface area contributed by atoms with Gasteiger partial charge in [-0.05, 0) is 30.2 Å². The molecule has 0 aliphatic rings. The summed E-state index contributed by atoms with van der Waals surface area (Å²) in [5.74, 6) is 0.0621. The van der Waals surface area contributed by atoms with Crippen LogP contribution in [0.1, 0.15) is 22.9 Å². The van der Waals surface area contributed by atoms with E-state index in [0.29, 0.717) is 11.1 Å². The maximum Gasteiger partial charge on any atom is 0.387 e. The van der Waals surface area contributed by atoms with Gasteiger partial charge in [-0.1, -0.05) is 22.0 Å². The molecule has 1 aromatic rings. The van der Waals surface area contributed by atoms with Crippen molar-refractivity contribution >= 4 is 33.3 Å². The van der Waals surface area contributed by atoms with Crippen molar-refractivity contribution in [2.75, 3.05) is 0 Å². The van der Waals surface area contributed by atoms with Gasteiger partial charge in [0, 0.05) is 5.88 Å². The van der Waals surface area contributed by atoms with Crippen LogP contribution < -0.4 is 4.74 Å². The number of Topliss-reactive ketones (excluding diaryl/α,β-unsaturated/α-hetero) is 1. The Morgan fingerprint density at radius 2 is 2.18 bits per heavy atom. The van der Waals surface area contributed by atoms with Crippen molar-refractivity contribution in [1.82, 2.24) is 0 Å². The molecule has 0 fully saturated rings. The largest absolute Gasteiger partial charge is 0.435 e. The van der Waals surface area contributed by atoms with Crippen molar-refractivity contribution in [3.8, 4) is 5.75 Å². The highest BCUT2D eigenvalue weighted by Crippen LogP contribution is 2.31. The second-order valence-electron chi connectivity index (χ2n) is 3.35. The van der Waals surface area contributed by atoms with Crippen LogP contribution in [0.25, 0.3) is 0 Å². The minimum atomic E-state index is -2.88. The van der Waals surface area contributed by atoms with Gasteiger partial charge in [0.15, 0.2) is 0 Å². The average molecular weight is 328 g/mol. The van der Waals surface area contributed by atoms with Crippen LogP contribution >= 0.6 is 27.5 Å². The van der Waals surface area contributed by atoms with Crippen molar-refractivity contribution in [3.63, 3.8) is 0 Å². The van der Waals surface area contributed by atoms with Gasteiger partial charge < -0.3 is 4.74 Å². The van der Waals surface area contributed by atoms with Crippen LogP contribution in [-0.2, 0) is 10.7 Å². The Morgan fingerprint density at radius 3 is 2.65 bits per heavy atom. The van der Waals surface area contributed by atoms with Crippen LogP contribution in [0.5, 0.6) is 5.75 Å². The van der Waals surface area contributed by atoms with E-state index in [1.54, 1.807) is 6.07 Å². The van der Waals surface area contributed by atoms with Crippen molar-refractivity contribution in [2.24, 2.45) is 0 Å². The molecule has 1 aromatic carbocycles. The topological polar surface area (TPSA) is 26.3 Å². The van der Waals surface area contributed by atoms with E-state index >= 15 is 0 Å². The van der Waals surface area contributed by atoms with Crippen LogP contribution in [0.15, 0.2) is 18.2 Å². The number of carbonyl (C=O) groups excluding carboxylic acids is 1. The number of hydrogen-bond donors (Lipinski definition) is 0. The summed E-state index contributed by atoms with van der Waals surface area (Å²) in [6.07, 6.45) is 0. The number of halogens is 4. The smallest absolute Gasteiger partial charge is 0.387 e. The van der Waals surface area contributed by atoms with Crippen molar-refractivity contribution in [1.29, 1.82) is 0 Å². The second-order valence-corrected chi connectivity index (χ2v) is 4.53. The Balaban J connectivity index is 3.05. The normalized spacial score (nSPS) is 12.6. The van der Waals surface area contributed by atoms with E-state index in [-0.39, 0.29) is 17.4 Å². The Morgan fingerprint density at radius 1 is 1.53 bits per heavy atom. The molecule has 94 valence electrons. The molecule has 0 spiro atoms. The van der Waals surface area contributed by atoms with Crippen LogP contribution in [0.3, 0.4) is 0 Å². The lowest BCUT2D eigenvalue weighted by molar-refractivity contribution is -0.116. The fourth-order valence-corrected chi connectivity index (χ4v) is 2.02. The van der Waals surface area contributed by atoms with Gasteiger partial charge in [0.1, 0.15) is 11.5 Å². The quantitative estimate of drug-likeness (QED) is 0.763. The molecule has 2 nitrogen and oxygen atoms in total. The molecule has 1 rings (SSSR count). The number of ether oxygens (including phenoxy) is 1. The molecule has 0 aliphatic heterocycles. The zero-order valence-corrected chi connectivity index (χ0v) is 11.3. The predicted octanol–water partition coefficient (Wildman–Crippen LogP) is 4.05. The molecule has 0 aromatic heterocycles. The van der Waals surface area contributed by atoms with Crippen LogP contribution in [0.2, 0.25) is 0 Å². The van der Waals surface area contributed by atoms with Crippen molar-refractivity contribution < 1.29 is 18.3 Å². The molecular weight excluding hydrogens is 317 g/mol. The zero-order valence-electron chi connectivity index (χ0n) is 8.92. The standard InChI is InChI=1S/C11H10BrClF2O2/c1-6(16)10(12)9-3-2-8(17-11(14)15)4-7(9)5-13/h2-4,10-11H,5H2,1H3. The Kier molecular flexibility index (Phi) is 5.33. The highest BCUT2D eigenvalue weighted by molar-refractivity contribution is 9.09. The monoisotopic (exact) mass is 326 g/mol. The fourth-order valence-electron chi connectivity index (χ4n) is 1.34. The predicted molar refractivity (Wildman–Crippen MR) is 65.0 cm³/mol. The molecule has 0 aliphatic carbocycles. The molecule has 0 saturated carbocycles. The number of hydrogen-bond acceptors (Lipinski definition) is 2. The third kappa shape index (κ3) is 3.92. The first-order valence-electron chi connectivity index (χ1n) is 4.73. The lowest BCUT2D eigenvalue weighted by Crippen LogP contribution is -2.06. The van der Waals surface area contributed by atoms with Gasteiger partial charge in [-0.25, -0.2) is 0 Å². The third-order valence-corrected chi connectivity index (χ3v) is 3.54. The summed E-state index contributed by atoms with van der Waals surface area (Å²) in [5.41, 5.74) is 1.25. The number of benzene rings is 1. The molecule has 0 N–H and O–H groups in total. The Hall–Kier alpha value is -0.680. The van der Waals surface area contributed by atoms with Crippen LogP contribution in [0, 0.1) is 0 Å². The van der Waals surface area contributed by atoms with E-state index in [1.807, 2.05) is 0 Å². The summed E-state index contributed by atoms with van der Waals surface area (Å²) < 4.78 is 28.3. The first kappa shape index (κ1) is 14.4. The molecule has 1 atom stereocenters. The summed E-state index contributed by atoms with van der Waals surface area (Å²) in [7, 11) is 0. The second kappa shape index (κ2) is 6.31. The average Bonchev–Trinajstić information content (AvgIpc) is 2.27. The Labute approximate surface area is 111 Å². The van der Waals surface area contributed by atoms with E-state index in [4.69, 9.17) is 11.6 Å². The summed E-state index contributed by atoms with van der Waals surface area (Å²) in [6.45, 7) is -1.45. The molecular formula is C11H10BrClF2O2. The van der Waals surface area contributed by atoms with Gasteiger partial charge in [-0.15, -0.1) is 11.6 Å². The first-order chi connectivity index (χ1) is 7.95. The third-order valence-electron chi connectivity index (χ3n) is 2.11. The fraction of sp³-hybridized carbons (Fsp3) is 0.364. The first-order valence-corrected chi connectivity index (χ1v) is 6.19. The number of ketones is 1. The summed E-state index contributed by atoms with van der Waals surface area (Å²) in [6, 6.07) is 4.34. The molecule has 17 heavy (non-hydrogen) atoms. The highest BCUT2D eigenvalue weighted by atomic mass is 79.9. The number of alkyl halides is 4. The molecule has 0 saturated heterocycles. The minimum Gasteiger partial charge on any atom is -0.435 e. The number of carbonyl (C=O) groups is 1. The lowest BCUT2D eigenvalue weighted by atomic mass is 10.0. The van der Waals surface area contributed by atoms with Crippen molar-refractivity contribution in [2.45, 2.75) is 24.2 Å². The van der Waals surface area contributed by atoms with E-state index in [2.05, 4.69) is 20.7 Å². The summed E-state index contributed by atoms with van der Waals surface area (Å²) in [4.78, 5) is 10.7. The van der Waals surface area contributed by atoms with E-state index in [0.717, 1.165) is 0 Å².